The molecule has 168 valence electrons. The fourth-order valence-corrected chi connectivity index (χ4v) is 4.25. The molecule has 0 aromatic heterocycles. The van der Waals surface area contributed by atoms with Gasteiger partial charge in [-0.25, -0.2) is 0 Å². The summed E-state index contributed by atoms with van der Waals surface area (Å²) in [6, 6.07) is 9.25. The smallest absolute Gasteiger partial charge is 0.295 e. The molecule has 1 atom stereocenters. The summed E-state index contributed by atoms with van der Waals surface area (Å²) in [5.74, 6) is -0.568. The lowest BCUT2D eigenvalue weighted by Gasteiger charge is -2.25. The molecule has 0 radical (unpaired) electrons. The van der Waals surface area contributed by atoms with Crippen LogP contribution in [0.15, 0.2) is 42.0 Å². The molecule has 0 aliphatic carbocycles. The van der Waals surface area contributed by atoms with E-state index in [1.165, 1.54) is 11.0 Å². The van der Waals surface area contributed by atoms with E-state index in [1.807, 2.05) is 6.92 Å². The summed E-state index contributed by atoms with van der Waals surface area (Å²) in [6.45, 7) is 5.12. The Kier molecular flexibility index (Phi) is 6.08. The number of hydrogen-bond donors (Lipinski definition) is 2. The van der Waals surface area contributed by atoms with Gasteiger partial charge in [0.2, 0.25) is 0 Å². The summed E-state index contributed by atoms with van der Waals surface area (Å²) in [4.78, 5) is 27.5. The normalized spacial score (nSPS) is 19.2. The molecule has 2 aliphatic heterocycles. The summed E-state index contributed by atoms with van der Waals surface area (Å²) < 4.78 is 11.0. The number of ether oxygens (including phenoxy) is 2. The van der Waals surface area contributed by atoms with Gasteiger partial charge in [-0.2, -0.15) is 0 Å². The SMILES string of the molecule is CCCCN1C(=O)C(=O)/C(=C(/O)c2ccc3c(c2)CCO3)C1c1ccc(O)c(OCC)c1. The quantitative estimate of drug-likeness (QED) is 0.387. The van der Waals surface area contributed by atoms with Crippen LogP contribution in [0.2, 0.25) is 0 Å². The first-order valence-corrected chi connectivity index (χ1v) is 11.0. The fraction of sp³-hybridized carbons (Fsp3) is 0.360. The molecule has 0 bridgehead atoms. The first kappa shape index (κ1) is 21.7. The van der Waals surface area contributed by atoms with E-state index in [-0.39, 0.29) is 22.8 Å². The minimum Gasteiger partial charge on any atom is -0.507 e. The summed E-state index contributed by atoms with van der Waals surface area (Å²) in [5, 5.41) is 21.3. The second kappa shape index (κ2) is 8.94. The topological polar surface area (TPSA) is 96.3 Å². The van der Waals surface area contributed by atoms with Crippen molar-refractivity contribution in [2.24, 2.45) is 0 Å². The van der Waals surface area contributed by atoms with Crippen LogP contribution in [0.25, 0.3) is 5.76 Å². The van der Waals surface area contributed by atoms with Crippen molar-refractivity contribution in [3.05, 3.63) is 58.7 Å². The van der Waals surface area contributed by atoms with Gasteiger partial charge in [-0.05, 0) is 54.8 Å². The molecular formula is C25H27NO6. The number of unbranched alkanes of at least 4 members (excludes halogenated alkanes) is 1. The number of carbonyl (C=O) groups excluding carboxylic acids is 2. The molecular weight excluding hydrogens is 410 g/mol. The number of phenolic OH excluding ortho intramolecular Hbond substituents is 1. The van der Waals surface area contributed by atoms with Crippen LogP contribution in [0, 0.1) is 0 Å². The highest BCUT2D eigenvalue weighted by molar-refractivity contribution is 6.46. The molecule has 1 amide bonds. The van der Waals surface area contributed by atoms with Crippen molar-refractivity contribution in [3.8, 4) is 17.2 Å². The van der Waals surface area contributed by atoms with Gasteiger partial charge >= 0.3 is 0 Å². The van der Waals surface area contributed by atoms with Crippen LogP contribution >= 0.6 is 0 Å². The molecule has 0 spiro atoms. The van der Waals surface area contributed by atoms with E-state index in [2.05, 4.69) is 0 Å². The number of aromatic hydroxyl groups is 1. The van der Waals surface area contributed by atoms with Gasteiger partial charge in [-0.15, -0.1) is 0 Å². The highest BCUT2D eigenvalue weighted by atomic mass is 16.5. The summed E-state index contributed by atoms with van der Waals surface area (Å²) in [7, 11) is 0. The second-order valence-corrected chi connectivity index (χ2v) is 7.93. The molecule has 4 rings (SSSR count). The first-order valence-electron chi connectivity index (χ1n) is 11.0. The van der Waals surface area contributed by atoms with Crippen molar-refractivity contribution < 1.29 is 29.3 Å². The Balaban J connectivity index is 1.85. The number of aliphatic hydroxyl groups is 1. The highest BCUT2D eigenvalue weighted by Gasteiger charge is 2.46. The van der Waals surface area contributed by atoms with Crippen molar-refractivity contribution in [2.75, 3.05) is 19.8 Å². The zero-order valence-corrected chi connectivity index (χ0v) is 18.3. The number of hydrogen-bond acceptors (Lipinski definition) is 6. The van der Waals surface area contributed by atoms with Crippen molar-refractivity contribution in [3.63, 3.8) is 0 Å². The second-order valence-electron chi connectivity index (χ2n) is 7.93. The Morgan fingerprint density at radius 1 is 1.19 bits per heavy atom. The molecule has 2 heterocycles. The number of benzene rings is 2. The lowest BCUT2D eigenvalue weighted by atomic mass is 9.94. The van der Waals surface area contributed by atoms with Gasteiger partial charge in [0.05, 0.1) is 24.8 Å². The van der Waals surface area contributed by atoms with Crippen LogP contribution in [0.1, 0.15) is 49.4 Å². The fourth-order valence-electron chi connectivity index (χ4n) is 4.25. The molecule has 0 saturated carbocycles. The van der Waals surface area contributed by atoms with Crippen LogP contribution < -0.4 is 9.47 Å². The van der Waals surface area contributed by atoms with Crippen molar-refractivity contribution in [2.45, 2.75) is 39.2 Å². The summed E-state index contributed by atoms with van der Waals surface area (Å²) >= 11 is 0. The molecule has 1 fully saturated rings. The van der Waals surface area contributed by atoms with Gasteiger partial charge in [0, 0.05) is 18.5 Å². The minimum atomic E-state index is -0.772. The molecule has 7 heteroatoms. The van der Waals surface area contributed by atoms with Crippen molar-refractivity contribution in [1.82, 2.24) is 4.90 Å². The van der Waals surface area contributed by atoms with Gasteiger partial charge in [0.15, 0.2) is 11.5 Å². The highest BCUT2D eigenvalue weighted by Crippen LogP contribution is 2.42. The number of ketones is 1. The molecule has 7 nitrogen and oxygen atoms in total. The van der Waals surface area contributed by atoms with Gasteiger partial charge < -0.3 is 24.6 Å². The zero-order chi connectivity index (χ0) is 22.8. The Bertz CT molecular complexity index is 1090. The average Bonchev–Trinajstić information content (AvgIpc) is 3.36. The Morgan fingerprint density at radius 3 is 2.75 bits per heavy atom. The number of likely N-dealkylation sites (tertiary alicyclic amines) is 1. The lowest BCUT2D eigenvalue weighted by Crippen LogP contribution is -2.30. The van der Waals surface area contributed by atoms with Crippen molar-refractivity contribution >= 4 is 17.4 Å². The number of nitrogens with zero attached hydrogens (tertiary/aromatic N) is 1. The average molecular weight is 437 g/mol. The maximum atomic E-state index is 13.1. The van der Waals surface area contributed by atoms with E-state index < -0.39 is 17.7 Å². The van der Waals surface area contributed by atoms with Crippen LogP contribution in [0.4, 0.5) is 0 Å². The minimum absolute atomic E-state index is 0.0280. The van der Waals surface area contributed by atoms with Crippen LogP contribution in [-0.4, -0.2) is 46.6 Å². The number of carbonyl (C=O) groups is 2. The standard InChI is InChI=1S/C25H27NO6/c1-3-5-11-26-22(16-6-8-18(27)20(14-16)31-4-2)21(24(29)25(26)30)23(28)17-7-9-19-15(13-17)10-12-32-19/h6-9,13-14,22,27-28H,3-5,10-12H2,1-2H3/b23-21+. The predicted octanol–water partition coefficient (Wildman–Crippen LogP) is 3.95. The van der Waals surface area contributed by atoms with Gasteiger partial charge in [-0.1, -0.05) is 19.4 Å². The number of Topliss-reactive ketones (excluding diaryl/α,β-unsaturated/α-hetero) is 1. The third kappa shape index (κ3) is 3.79. The van der Waals surface area contributed by atoms with Crippen molar-refractivity contribution in [1.29, 1.82) is 0 Å². The predicted molar refractivity (Wildman–Crippen MR) is 119 cm³/mol. The Labute approximate surface area is 186 Å². The molecule has 1 unspecified atom stereocenters. The summed E-state index contributed by atoms with van der Waals surface area (Å²) in [5.41, 5.74) is 2.05. The number of aliphatic hydroxyl groups excluding tert-OH is 1. The third-order valence-corrected chi connectivity index (χ3v) is 5.85. The van der Waals surface area contributed by atoms with Gasteiger partial charge in [0.1, 0.15) is 11.5 Å². The maximum Gasteiger partial charge on any atom is 0.295 e. The van der Waals surface area contributed by atoms with E-state index in [4.69, 9.17) is 9.47 Å². The van der Waals surface area contributed by atoms with Crippen LogP contribution in [0.3, 0.4) is 0 Å². The molecule has 2 aromatic rings. The van der Waals surface area contributed by atoms with E-state index in [0.717, 1.165) is 30.6 Å². The molecule has 2 aliphatic rings. The number of rotatable bonds is 7. The number of phenols is 1. The third-order valence-electron chi connectivity index (χ3n) is 5.85. The first-order chi connectivity index (χ1) is 15.5. The van der Waals surface area contributed by atoms with E-state index in [0.29, 0.717) is 30.9 Å². The van der Waals surface area contributed by atoms with Gasteiger partial charge in [-0.3, -0.25) is 9.59 Å². The largest absolute Gasteiger partial charge is 0.507 e. The van der Waals surface area contributed by atoms with E-state index >= 15 is 0 Å². The number of amides is 1. The molecule has 32 heavy (non-hydrogen) atoms. The lowest BCUT2D eigenvalue weighted by molar-refractivity contribution is -0.139. The molecule has 1 saturated heterocycles. The van der Waals surface area contributed by atoms with Crippen LogP contribution in [-0.2, 0) is 16.0 Å². The monoisotopic (exact) mass is 437 g/mol. The van der Waals surface area contributed by atoms with E-state index in [9.17, 15) is 19.8 Å². The maximum absolute atomic E-state index is 13.1. The zero-order valence-electron chi connectivity index (χ0n) is 18.3. The van der Waals surface area contributed by atoms with Crippen LogP contribution in [0.5, 0.6) is 17.2 Å². The number of fused-ring (bicyclic) bond motifs is 1. The Hall–Kier alpha value is -3.48. The van der Waals surface area contributed by atoms with Gasteiger partial charge in [0.25, 0.3) is 11.7 Å². The van der Waals surface area contributed by atoms with E-state index in [1.54, 1.807) is 37.3 Å². The Morgan fingerprint density at radius 2 is 2.00 bits per heavy atom. The summed E-state index contributed by atoms with van der Waals surface area (Å²) in [6.07, 6.45) is 2.29. The molecule has 2 N–H and O–H groups in total. The molecule has 2 aromatic carbocycles.